The molecule has 0 aliphatic rings. The zero-order valence-electron chi connectivity index (χ0n) is 11.9. The molecule has 0 saturated heterocycles. The van der Waals surface area contributed by atoms with Crippen molar-refractivity contribution in [1.29, 1.82) is 10.5 Å². The first kappa shape index (κ1) is 14.4. The second-order valence-corrected chi connectivity index (χ2v) is 4.70. The van der Waals surface area contributed by atoms with Crippen molar-refractivity contribution in [2.75, 3.05) is 0 Å². The molecule has 0 radical (unpaired) electrons. The molecule has 0 saturated carbocycles. The lowest BCUT2D eigenvalue weighted by atomic mass is 10.2. The SMILES string of the molecule is N#CC(C#N)=Cc1ccc(-c2cccn2-c2ccccc2F)o1. The molecule has 4 nitrogen and oxygen atoms in total. The largest absolute Gasteiger partial charge is 0.455 e. The Morgan fingerprint density at radius 1 is 1.04 bits per heavy atom. The van der Waals surface area contributed by atoms with Crippen molar-refractivity contribution in [2.24, 2.45) is 0 Å². The smallest absolute Gasteiger partial charge is 0.151 e. The summed E-state index contributed by atoms with van der Waals surface area (Å²) in [5, 5.41) is 17.5. The molecular formula is C18H10FN3O. The molecule has 0 aliphatic carbocycles. The summed E-state index contributed by atoms with van der Waals surface area (Å²) in [6.07, 6.45) is 3.10. The van der Waals surface area contributed by atoms with Gasteiger partial charge in [-0.3, -0.25) is 0 Å². The van der Waals surface area contributed by atoms with Gasteiger partial charge in [0.15, 0.2) is 5.76 Å². The standard InChI is InChI=1S/C18H10FN3O/c19-15-4-1-2-5-16(15)22-9-3-6-17(22)18-8-7-14(23-18)10-13(11-20)12-21/h1-10H. The summed E-state index contributed by atoms with van der Waals surface area (Å²) < 4.78 is 21.3. The maximum absolute atomic E-state index is 14.0. The monoisotopic (exact) mass is 303 g/mol. The second kappa shape index (κ2) is 6.05. The summed E-state index contributed by atoms with van der Waals surface area (Å²) in [4.78, 5) is 0. The summed E-state index contributed by atoms with van der Waals surface area (Å²) in [6.45, 7) is 0. The minimum absolute atomic E-state index is 0.0459. The molecule has 2 heterocycles. The number of nitrogens with zero attached hydrogens (tertiary/aromatic N) is 3. The molecule has 0 amide bonds. The van der Waals surface area contributed by atoms with E-state index in [4.69, 9.17) is 14.9 Å². The Labute approximate surface area is 131 Å². The van der Waals surface area contributed by atoms with Crippen LogP contribution in [0, 0.1) is 28.5 Å². The highest BCUT2D eigenvalue weighted by atomic mass is 19.1. The van der Waals surface area contributed by atoms with E-state index in [9.17, 15) is 4.39 Å². The quantitative estimate of drug-likeness (QED) is 0.677. The lowest BCUT2D eigenvalue weighted by Crippen LogP contribution is -1.97. The van der Waals surface area contributed by atoms with E-state index in [2.05, 4.69) is 0 Å². The fraction of sp³-hybridized carbons (Fsp3) is 0. The Balaban J connectivity index is 2.03. The molecule has 5 heteroatoms. The Morgan fingerprint density at radius 2 is 1.83 bits per heavy atom. The fourth-order valence-corrected chi connectivity index (χ4v) is 2.24. The van der Waals surface area contributed by atoms with Gasteiger partial charge in [-0.05, 0) is 36.4 Å². The van der Waals surface area contributed by atoms with E-state index in [1.54, 1.807) is 65.4 Å². The van der Waals surface area contributed by atoms with Gasteiger partial charge in [0.05, 0.1) is 11.4 Å². The van der Waals surface area contributed by atoms with Crippen LogP contribution in [0.2, 0.25) is 0 Å². The van der Waals surface area contributed by atoms with Crippen molar-refractivity contribution < 1.29 is 8.81 Å². The molecule has 0 spiro atoms. The van der Waals surface area contributed by atoms with Gasteiger partial charge in [0.2, 0.25) is 0 Å². The average molecular weight is 303 g/mol. The first-order valence-corrected chi connectivity index (χ1v) is 6.77. The first-order chi connectivity index (χ1) is 11.2. The molecule has 0 fully saturated rings. The van der Waals surface area contributed by atoms with Gasteiger partial charge in [-0.2, -0.15) is 10.5 Å². The average Bonchev–Trinajstić information content (AvgIpc) is 3.22. The number of benzene rings is 1. The highest BCUT2D eigenvalue weighted by Crippen LogP contribution is 2.27. The van der Waals surface area contributed by atoms with Crippen molar-refractivity contribution >= 4 is 6.08 Å². The minimum Gasteiger partial charge on any atom is -0.455 e. The van der Waals surface area contributed by atoms with Crippen molar-refractivity contribution in [2.45, 2.75) is 0 Å². The van der Waals surface area contributed by atoms with Gasteiger partial charge in [-0.15, -0.1) is 0 Å². The molecule has 23 heavy (non-hydrogen) atoms. The molecule has 2 aromatic heterocycles. The molecule has 0 aliphatic heterocycles. The van der Waals surface area contributed by atoms with Crippen molar-refractivity contribution in [1.82, 2.24) is 4.57 Å². The number of halogens is 1. The van der Waals surface area contributed by atoms with Crippen LogP contribution in [0.1, 0.15) is 5.76 Å². The Bertz CT molecular complexity index is 951. The maximum atomic E-state index is 14.0. The van der Waals surface area contributed by atoms with Crippen LogP contribution in [0.15, 0.2) is 64.7 Å². The van der Waals surface area contributed by atoms with E-state index in [1.165, 1.54) is 12.1 Å². The van der Waals surface area contributed by atoms with Crippen LogP contribution in [-0.4, -0.2) is 4.57 Å². The maximum Gasteiger partial charge on any atom is 0.151 e. The summed E-state index contributed by atoms with van der Waals surface area (Å²) >= 11 is 0. The Hall–Kier alpha value is -3.57. The number of nitriles is 2. The number of hydrogen-bond acceptors (Lipinski definition) is 3. The predicted octanol–water partition coefficient (Wildman–Crippen LogP) is 4.31. The molecule has 0 unspecified atom stereocenters. The molecule has 3 rings (SSSR count). The molecular weight excluding hydrogens is 293 g/mol. The fourth-order valence-electron chi connectivity index (χ4n) is 2.24. The highest BCUT2D eigenvalue weighted by Gasteiger charge is 2.12. The van der Waals surface area contributed by atoms with Crippen molar-refractivity contribution in [3.05, 3.63) is 71.9 Å². The zero-order valence-corrected chi connectivity index (χ0v) is 11.9. The summed E-state index contributed by atoms with van der Waals surface area (Å²) in [6, 6.07) is 17.0. The molecule has 0 atom stereocenters. The third-order valence-electron chi connectivity index (χ3n) is 3.27. The van der Waals surface area contributed by atoms with E-state index in [0.717, 1.165) is 0 Å². The van der Waals surface area contributed by atoms with Gasteiger partial charge in [0, 0.05) is 12.3 Å². The van der Waals surface area contributed by atoms with Crippen LogP contribution in [0.5, 0.6) is 0 Å². The van der Waals surface area contributed by atoms with Crippen molar-refractivity contribution in [3.8, 4) is 29.3 Å². The second-order valence-electron chi connectivity index (χ2n) is 4.70. The van der Waals surface area contributed by atoms with Gasteiger partial charge in [0.1, 0.15) is 29.3 Å². The van der Waals surface area contributed by atoms with E-state index in [1.807, 2.05) is 0 Å². The highest BCUT2D eigenvalue weighted by molar-refractivity contribution is 5.63. The molecule has 0 N–H and O–H groups in total. The third-order valence-corrected chi connectivity index (χ3v) is 3.27. The lowest BCUT2D eigenvalue weighted by Gasteiger charge is -2.08. The Kier molecular flexibility index (Phi) is 3.78. The minimum atomic E-state index is -0.340. The van der Waals surface area contributed by atoms with Crippen LogP contribution in [-0.2, 0) is 0 Å². The van der Waals surface area contributed by atoms with Gasteiger partial charge in [-0.1, -0.05) is 12.1 Å². The lowest BCUT2D eigenvalue weighted by molar-refractivity contribution is 0.566. The third kappa shape index (κ3) is 2.76. The summed E-state index contributed by atoms with van der Waals surface area (Å²) in [5.74, 6) is 0.562. The normalized spacial score (nSPS) is 9.87. The first-order valence-electron chi connectivity index (χ1n) is 6.77. The molecule has 110 valence electrons. The van der Waals surface area contributed by atoms with Gasteiger partial charge >= 0.3 is 0 Å². The molecule has 0 bridgehead atoms. The number of furan rings is 1. The van der Waals surface area contributed by atoms with Crippen LogP contribution in [0.25, 0.3) is 23.2 Å². The van der Waals surface area contributed by atoms with E-state index >= 15 is 0 Å². The van der Waals surface area contributed by atoms with E-state index in [-0.39, 0.29) is 11.4 Å². The molecule has 3 aromatic rings. The van der Waals surface area contributed by atoms with Crippen LogP contribution in [0.3, 0.4) is 0 Å². The van der Waals surface area contributed by atoms with Gasteiger partial charge in [0.25, 0.3) is 0 Å². The number of para-hydroxylation sites is 1. The number of hydrogen-bond donors (Lipinski definition) is 0. The zero-order chi connectivity index (χ0) is 16.2. The Morgan fingerprint density at radius 3 is 2.57 bits per heavy atom. The number of allylic oxidation sites excluding steroid dienone is 1. The van der Waals surface area contributed by atoms with Gasteiger partial charge in [-0.25, -0.2) is 4.39 Å². The van der Waals surface area contributed by atoms with E-state index in [0.29, 0.717) is 22.9 Å². The number of rotatable bonds is 3. The number of aromatic nitrogens is 1. The predicted molar refractivity (Wildman–Crippen MR) is 82.6 cm³/mol. The van der Waals surface area contributed by atoms with Crippen LogP contribution in [0.4, 0.5) is 4.39 Å². The topological polar surface area (TPSA) is 65.7 Å². The van der Waals surface area contributed by atoms with Gasteiger partial charge < -0.3 is 8.98 Å². The van der Waals surface area contributed by atoms with E-state index < -0.39 is 0 Å². The van der Waals surface area contributed by atoms with Crippen LogP contribution >= 0.6 is 0 Å². The molecule has 1 aromatic carbocycles. The van der Waals surface area contributed by atoms with Crippen LogP contribution < -0.4 is 0 Å². The summed E-state index contributed by atoms with van der Waals surface area (Å²) in [5.41, 5.74) is 1.04. The summed E-state index contributed by atoms with van der Waals surface area (Å²) in [7, 11) is 0. The van der Waals surface area contributed by atoms with Crippen molar-refractivity contribution in [3.63, 3.8) is 0 Å².